The molecule has 4 nitrogen and oxygen atoms in total. The van der Waals surface area contributed by atoms with Crippen molar-refractivity contribution in [3.63, 3.8) is 0 Å². The summed E-state index contributed by atoms with van der Waals surface area (Å²) in [5.41, 5.74) is 8.30. The minimum absolute atomic E-state index is 0.210. The molecule has 2 rings (SSSR count). The average molecular weight is 202 g/mol. The third kappa shape index (κ3) is 1.76. The first-order chi connectivity index (χ1) is 7.20. The number of nitrogens with two attached hydrogens (primary N) is 1. The van der Waals surface area contributed by atoms with E-state index >= 15 is 0 Å². The van der Waals surface area contributed by atoms with Gasteiger partial charge in [0.2, 0.25) is 0 Å². The van der Waals surface area contributed by atoms with Gasteiger partial charge in [-0.1, -0.05) is 0 Å². The van der Waals surface area contributed by atoms with E-state index in [1.165, 1.54) is 0 Å². The van der Waals surface area contributed by atoms with Crippen LogP contribution in [0.3, 0.4) is 0 Å². The van der Waals surface area contributed by atoms with Gasteiger partial charge in [-0.15, -0.1) is 0 Å². The fraction of sp³-hybridized carbons (Fsp3) is 0.273. The Morgan fingerprint density at radius 2 is 2.20 bits per heavy atom. The van der Waals surface area contributed by atoms with Gasteiger partial charge in [-0.2, -0.15) is 0 Å². The van der Waals surface area contributed by atoms with Crippen molar-refractivity contribution in [1.82, 2.24) is 14.5 Å². The topological polar surface area (TPSA) is 56.7 Å². The SMILES string of the molecule is Cc1ccncc1C(N)c1nccn1C. The van der Waals surface area contributed by atoms with Crippen LogP contribution in [0.15, 0.2) is 30.9 Å². The fourth-order valence-corrected chi connectivity index (χ4v) is 1.62. The highest BCUT2D eigenvalue weighted by Gasteiger charge is 2.14. The molecule has 2 aromatic rings. The van der Waals surface area contributed by atoms with Gasteiger partial charge >= 0.3 is 0 Å². The summed E-state index contributed by atoms with van der Waals surface area (Å²) in [6.45, 7) is 2.03. The zero-order valence-electron chi connectivity index (χ0n) is 8.88. The lowest BCUT2D eigenvalue weighted by atomic mass is 10.0. The molecule has 2 aromatic heterocycles. The zero-order chi connectivity index (χ0) is 10.8. The van der Waals surface area contributed by atoms with Crippen molar-refractivity contribution in [2.24, 2.45) is 12.8 Å². The molecule has 0 saturated carbocycles. The summed E-state index contributed by atoms with van der Waals surface area (Å²) in [6.07, 6.45) is 7.21. The number of nitrogens with zero attached hydrogens (tertiary/aromatic N) is 3. The van der Waals surface area contributed by atoms with E-state index in [0.717, 1.165) is 17.0 Å². The molecule has 0 spiro atoms. The van der Waals surface area contributed by atoms with Gasteiger partial charge in [-0.25, -0.2) is 4.98 Å². The van der Waals surface area contributed by atoms with Crippen molar-refractivity contribution < 1.29 is 0 Å². The van der Waals surface area contributed by atoms with E-state index in [0.29, 0.717) is 0 Å². The largest absolute Gasteiger partial charge is 0.336 e. The highest BCUT2D eigenvalue weighted by molar-refractivity contribution is 5.29. The number of aromatic nitrogens is 3. The highest BCUT2D eigenvalue weighted by atomic mass is 15.1. The van der Waals surface area contributed by atoms with E-state index in [9.17, 15) is 0 Å². The first-order valence-corrected chi connectivity index (χ1v) is 4.83. The molecule has 2 heterocycles. The summed E-state index contributed by atoms with van der Waals surface area (Å²) in [5, 5.41) is 0. The molecule has 0 bridgehead atoms. The van der Waals surface area contributed by atoms with Crippen molar-refractivity contribution in [2.45, 2.75) is 13.0 Å². The van der Waals surface area contributed by atoms with Gasteiger partial charge in [0.15, 0.2) is 0 Å². The van der Waals surface area contributed by atoms with E-state index in [2.05, 4.69) is 9.97 Å². The Balaban J connectivity index is 2.41. The van der Waals surface area contributed by atoms with E-state index < -0.39 is 0 Å². The molecule has 0 aliphatic heterocycles. The molecule has 2 N–H and O–H groups in total. The van der Waals surface area contributed by atoms with Crippen LogP contribution < -0.4 is 5.73 Å². The Kier molecular flexibility index (Phi) is 2.51. The maximum absolute atomic E-state index is 6.14. The van der Waals surface area contributed by atoms with Crippen LogP contribution >= 0.6 is 0 Å². The van der Waals surface area contributed by atoms with Gasteiger partial charge in [0.25, 0.3) is 0 Å². The molecule has 15 heavy (non-hydrogen) atoms. The van der Waals surface area contributed by atoms with Crippen LogP contribution in [-0.4, -0.2) is 14.5 Å². The van der Waals surface area contributed by atoms with Crippen molar-refractivity contribution >= 4 is 0 Å². The number of rotatable bonds is 2. The summed E-state index contributed by atoms with van der Waals surface area (Å²) < 4.78 is 1.93. The van der Waals surface area contributed by atoms with Crippen molar-refractivity contribution in [1.29, 1.82) is 0 Å². The minimum atomic E-state index is -0.210. The molecule has 1 unspecified atom stereocenters. The normalized spacial score (nSPS) is 12.7. The maximum Gasteiger partial charge on any atom is 0.130 e. The predicted molar refractivity (Wildman–Crippen MR) is 58.2 cm³/mol. The summed E-state index contributed by atoms with van der Waals surface area (Å²) in [4.78, 5) is 8.33. The molecule has 0 aliphatic carbocycles. The van der Waals surface area contributed by atoms with Crippen LogP contribution in [0, 0.1) is 6.92 Å². The Labute approximate surface area is 88.8 Å². The van der Waals surface area contributed by atoms with E-state index in [1.807, 2.05) is 30.8 Å². The molecule has 0 radical (unpaired) electrons. The monoisotopic (exact) mass is 202 g/mol. The summed E-state index contributed by atoms with van der Waals surface area (Å²) >= 11 is 0. The van der Waals surface area contributed by atoms with E-state index in [1.54, 1.807) is 18.6 Å². The van der Waals surface area contributed by atoms with Gasteiger partial charge in [-0.05, 0) is 24.1 Å². The molecular weight excluding hydrogens is 188 g/mol. The molecule has 0 saturated heterocycles. The predicted octanol–water partition coefficient (Wildman–Crippen LogP) is 1.17. The fourth-order valence-electron chi connectivity index (χ4n) is 1.62. The Morgan fingerprint density at radius 1 is 1.40 bits per heavy atom. The third-order valence-electron chi connectivity index (χ3n) is 2.55. The van der Waals surface area contributed by atoms with E-state index in [-0.39, 0.29) is 6.04 Å². The summed E-state index contributed by atoms with van der Waals surface area (Å²) in [7, 11) is 1.94. The molecular formula is C11H14N4. The lowest BCUT2D eigenvalue weighted by Crippen LogP contribution is -2.17. The van der Waals surface area contributed by atoms with Crippen LogP contribution in [0.1, 0.15) is 23.0 Å². The van der Waals surface area contributed by atoms with Crippen LogP contribution in [-0.2, 0) is 7.05 Å². The van der Waals surface area contributed by atoms with Crippen LogP contribution in [0.2, 0.25) is 0 Å². The number of imidazole rings is 1. The summed E-state index contributed by atoms with van der Waals surface area (Å²) in [5.74, 6) is 0.853. The quantitative estimate of drug-likeness (QED) is 0.795. The lowest BCUT2D eigenvalue weighted by molar-refractivity contribution is 0.711. The second-order valence-corrected chi connectivity index (χ2v) is 3.61. The number of pyridine rings is 1. The molecule has 78 valence electrons. The first-order valence-electron chi connectivity index (χ1n) is 4.83. The highest BCUT2D eigenvalue weighted by Crippen LogP contribution is 2.19. The Morgan fingerprint density at radius 3 is 2.80 bits per heavy atom. The number of hydrogen-bond acceptors (Lipinski definition) is 3. The van der Waals surface area contributed by atoms with Gasteiger partial charge < -0.3 is 10.3 Å². The maximum atomic E-state index is 6.14. The third-order valence-corrected chi connectivity index (χ3v) is 2.55. The lowest BCUT2D eigenvalue weighted by Gasteiger charge is -2.13. The first kappa shape index (κ1) is 9.86. The Hall–Kier alpha value is -1.68. The van der Waals surface area contributed by atoms with Gasteiger partial charge in [0, 0.05) is 31.8 Å². The smallest absolute Gasteiger partial charge is 0.130 e. The van der Waals surface area contributed by atoms with Crippen LogP contribution in [0.5, 0.6) is 0 Å². The second kappa shape index (κ2) is 3.82. The van der Waals surface area contributed by atoms with Gasteiger partial charge in [0.1, 0.15) is 5.82 Å². The molecule has 1 atom stereocenters. The van der Waals surface area contributed by atoms with E-state index in [4.69, 9.17) is 5.73 Å². The molecule has 4 heteroatoms. The van der Waals surface area contributed by atoms with Crippen molar-refractivity contribution in [3.05, 3.63) is 47.8 Å². The van der Waals surface area contributed by atoms with Gasteiger partial charge in [-0.3, -0.25) is 4.98 Å². The minimum Gasteiger partial charge on any atom is -0.336 e. The number of aryl methyl sites for hydroxylation is 2. The molecule has 0 aliphatic rings. The van der Waals surface area contributed by atoms with Crippen molar-refractivity contribution in [2.75, 3.05) is 0 Å². The molecule has 0 aromatic carbocycles. The number of hydrogen-bond donors (Lipinski definition) is 1. The van der Waals surface area contributed by atoms with Crippen LogP contribution in [0.4, 0.5) is 0 Å². The standard InChI is InChI=1S/C11H14N4/c1-8-3-4-13-7-9(8)10(12)11-14-5-6-15(11)2/h3-7,10H,12H2,1-2H3. The summed E-state index contributed by atoms with van der Waals surface area (Å²) in [6, 6.07) is 1.75. The Bertz CT molecular complexity index is 461. The van der Waals surface area contributed by atoms with Gasteiger partial charge in [0.05, 0.1) is 6.04 Å². The average Bonchev–Trinajstić information content (AvgIpc) is 2.64. The zero-order valence-corrected chi connectivity index (χ0v) is 8.88. The molecule has 0 amide bonds. The second-order valence-electron chi connectivity index (χ2n) is 3.61. The van der Waals surface area contributed by atoms with Crippen molar-refractivity contribution in [3.8, 4) is 0 Å². The van der Waals surface area contributed by atoms with Crippen LogP contribution in [0.25, 0.3) is 0 Å². The molecule has 0 fully saturated rings.